The van der Waals surface area contributed by atoms with Gasteiger partial charge in [0.25, 0.3) is 0 Å². The van der Waals surface area contributed by atoms with Crippen LogP contribution in [0, 0.1) is 0 Å². The Morgan fingerprint density at radius 2 is 1.57 bits per heavy atom. The molecule has 0 spiro atoms. The van der Waals surface area contributed by atoms with E-state index in [-0.39, 0.29) is 11.0 Å². The number of nitrogens with one attached hydrogen (secondary N) is 1. The van der Waals surface area contributed by atoms with Crippen molar-refractivity contribution < 1.29 is 19.4 Å². The van der Waals surface area contributed by atoms with Gasteiger partial charge >= 0.3 is 0 Å². The molecule has 0 aliphatic heterocycles. The van der Waals surface area contributed by atoms with E-state index in [0.29, 0.717) is 11.2 Å². The van der Waals surface area contributed by atoms with Crippen LogP contribution in [-0.4, -0.2) is 33.5 Å². The average molecular weight is 217 g/mol. The van der Waals surface area contributed by atoms with Crippen molar-refractivity contribution in [3.05, 3.63) is 24.3 Å². The highest BCUT2D eigenvalue weighted by Gasteiger charge is 1.99. The first-order chi connectivity index (χ1) is 5.47. The minimum absolute atomic E-state index is 0. The first kappa shape index (κ1) is 15.4. The van der Waals surface area contributed by atoms with Gasteiger partial charge in [0.15, 0.2) is 0 Å². The van der Waals surface area contributed by atoms with E-state index in [1.807, 2.05) is 0 Å². The Balaban J connectivity index is 0. The molecule has 0 amide bonds. The molecule has 0 fully saturated rings. The maximum atomic E-state index is 10.7. The predicted molar refractivity (Wildman–Crippen MR) is 57.5 cm³/mol. The molecule has 0 saturated carbocycles. The Bertz CT molecular complexity index is 362. The largest absolute Gasteiger partial charge is 0.412 e. The topological polar surface area (TPSA) is 109 Å². The number of anilines is 1. The zero-order chi connectivity index (χ0) is 9.19. The summed E-state index contributed by atoms with van der Waals surface area (Å²) in [4.78, 5) is 0. The van der Waals surface area contributed by atoms with E-state index in [2.05, 4.69) is 4.72 Å². The molecular formula is C7H12BNO4S. The number of sulfonamides is 1. The molecular weight excluding hydrogens is 205 g/mol. The van der Waals surface area contributed by atoms with Gasteiger partial charge in [-0.1, -0.05) is 17.6 Å². The lowest BCUT2D eigenvalue weighted by Crippen LogP contribution is -2.10. The molecule has 2 radical (unpaired) electrons. The molecule has 0 atom stereocenters. The first-order valence-electron chi connectivity index (χ1n) is 3.31. The summed E-state index contributed by atoms with van der Waals surface area (Å²) in [6.07, 6.45) is 1.10. The second-order valence-corrected chi connectivity index (χ2v) is 4.24. The van der Waals surface area contributed by atoms with E-state index >= 15 is 0 Å². The molecule has 0 aliphatic rings. The summed E-state index contributed by atoms with van der Waals surface area (Å²) in [6, 6.07) is 6.48. The standard InChI is InChI=1S/C7H8BNO2S.2H2O/c1-12(10,11)9-7-4-2-6(8)3-5-7;;/h2-5,9H,1H3;2*1H2. The van der Waals surface area contributed by atoms with Gasteiger partial charge in [-0.3, -0.25) is 4.72 Å². The number of hydrogen-bond acceptors (Lipinski definition) is 2. The molecule has 5 N–H and O–H groups in total. The molecule has 1 aromatic rings. The van der Waals surface area contributed by atoms with Gasteiger partial charge in [0.1, 0.15) is 7.85 Å². The minimum atomic E-state index is -3.18. The summed E-state index contributed by atoms with van der Waals surface area (Å²) >= 11 is 0. The van der Waals surface area contributed by atoms with Crippen molar-refractivity contribution in [1.29, 1.82) is 0 Å². The van der Waals surface area contributed by atoms with Gasteiger partial charge < -0.3 is 11.0 Å². The van der Waals surface area contributed by atoms with E-state index < -0.39 is 10.0 Å². The second kappa shape index (κ2) is 5.64. The fourth-order valence-corrected chi connectivity index (χ4v) is 1.33. The third kappa shape index (κ3) is 5.57. The Morgan fingerprint density at radius 3 is 1.93 bits per heavy atom. The Labute approximate surface area is 84.2 Å². The fourth-order valence-electron chi connectivity index (χ4n) is 0.765. The van der Waals surface area contributed by atoms with Crippen LogP contribution < -0.4 is 10.2 Å². The zero-order valence-electron chi connectivity index (χ0n) is 7.61. The van der Waals surface area contributed by atoms with Crippen LogP contribution in [-0.2, 0) is 10.0 Å². The Kier molecular flexibility index (Phi) is 6.21. The summed E-state index contributed by atoms with van der Waals surface area (Å²) in [5.41, 5.74) is 1.13. The smallest absolute Gasteiger partial charge is 0.229 e. The SMILES string of the molecule is O.O.[B]c1ccc(NS(C)(=O)=O)cc1. The van der Waals surface area contributed by atoms with Crippen molar-refractivity contribution in [1.82, 2.24) is 0 Å². The molecule has 0 bridgehead atoms. The molecule has 0 heterocycles. The van der Waals surface area contributed by atoms with Crippen molar-refractivity contribution in [2.45, 2.75) is 0 Å². The molecule has 1 rings (SSSR count). The molecule has 7 heteroatoms. The third-order valence-corrected chi connectivity index (χ3v) is 1.82. The Morgan fingerprint density at radius 1 is 1.14 bits per heavy atom. The van der Waals surface area contributed by atoms with Crippen LogP contribution in [0.2, 0.25) is 0 Å². The quantitative estimate of drug-likeness (QED) is 0.589. The summed E-state index contributed by atoms with van der Waals surface area (Å²) < 4.78 is 23.8. The molecule has 0 saturated heterocycles. The zero-order valence-corrected chi connectivity index (χ0v) is 8.43. The van der Waals surface area contributed by atoms with E-state index in [9.17, 15) is 8.42 Å². The second-order valence-electron chi connectivity index (χ2n) is 2.50. The Hall–Kier alpha value is -1.05. The summed E-state index contributed by atoms with van der Waals surface area (Å²) in [6.45, 7) is 0. The molecule has 1 aromatic carbocycles. The first-order valence-corrected chi connectivity index (χ1v) is 5.20. The van der Waals surface area contributed by atoms with Crippen molar-refractivity contribution in [3.63, 3.8) is 0 Å². The lowest BCUT2D eigenvalue weighted by molar-refractivity contribution is 0.607. The van der Waals surface area contributed by atoms with Gasteiger partial charge in [0.2, 0.25) is 10.0 Å². The van der Waals surface area contributed by atoms with E-state index in [1.165, 1.54) is 0 Å². The van der Waals surface area contributed by atoms with Crippen LogP contribution >= 0.6 is 0 Å². The summed E-state index contributed by atoms with van der Waals surface area (Å²) in [7, 11) is 2.23. The van der Waals surface area contributed by atoms with E-state index in [4.69, 9.17) is 7.85 Å². The highest BCUT2D eigenvalue weighted by molar-refractivity contribution is 7.92. The molecule has 5 nitrogen and oxygen atoms in total. The van der Waals surface area contributed by atoms with Gasteiger partial charge in [-0.05, 0) is 12.1 Å². The van der Waals surface area contributed by atoms with Gasteiger partial charge in [0, 0.05) is 5.69 Å². The van der Waals surface area contributed by atoms with Crippen LogP contribution in [0.3, 0.4) is 0 Å². The van der Waals surface area contributed by atoms with E-state index in [1.54, 1.807) is 24.3 Å². The lowest BCUT2D eigenvalue weighted by Gasteiger charge is -2.02. The average Bonchev–Trinajstić information content (AvgIpc) is 1.91. The maximum Gasteiger partial charge on any atom is 0.229 e. The van der Waals surface area contributed by atoms with Crippen molar-refractivity contribution in [2.75, 3.05) is 11.0 Å². The van der Waals surface area contributed by atoms with Crippen LogP contribution in [0.5, 0.6) is 0 Å². The summed E-state index contributed by atoms with van der Waals surface area (Å²) in [5.74, 6) is 0. The lowest BCUT2D eigenvalue weighted by atomic mass is 9.96. The highest BCUT2D eigenvalue weighted by atomic mass is 32.2. The summed E-state index contributed by atoms with van der Waals surface area (Å²) in [5, 5.41) is 0. The van der Waals surface area contributed by atoms with E-state index in [0.717, 1.165) is 6.26 Å². The highest BCUT2D eigenvalue weighted by Crippen LogP contribution is 2.04. The molecule has 0 unspecified atom stereocenters. The normalized spacial score (nSPS) is 9.50. The van der Waals surface area contributed by atoms with Crippen LogP contribution in [0.25, 0.3) is 0 Å². The van der Waals surface area contributed by atoms with Gasteiger partial charge in [0.05, 0.1) is 6.26 Å². The van der Waals surface area contributed by atoms with Crippen molar-refractivity contribution >= 4 is 29.0 Å². The van der Waals surface area contributed by atoms with Crippen LogP contribution in [0.4, 0.5) is 5.69 Å². The van der Waals surface area contributed by atoms with Crippen LogP contribution in [0.1, 0.15) is 0 Å². The van der Waals surface area contributed by atoms with Crippen molar-refractivity contribution in [3.8, 4) is 0 Å². The number of rotatable bonds is 2. The molecule has 0 aromatic heterocycles. The number of benzene rings is 1. The molecule has 78 valence electrons. The maximum absolute atomic E-state index is 10.7. The molecule has 14 heavy (non-hydrogen) atoms. The van der Waals surface area contributed by atoms with Gasteiger partial charge in [-0.15, -0.1) is 0 Å². The third-order valence-electron chi connectivity index (χ3n) is 1.21. The monoisotopic (exact) mass is 217 g/mol. The van der Waals surface area contributed by atoms with Gasteiger partial charge in [-0.2, -0.15) is 0 Å². The minimum Gasteiger partial charge on any atom is -0.412 e. The van der Waals surface area contributed by atoms with Crippen LogP contribution in [0.15, 0.2) is 24.3 Å². The predicted octanol–water partition coefficient (Wildman–Crippen LogP) is -1.80. The molecule has 0 aliphatic carbocycles. The van der Waals surface area contributed by atoms with Crippen molar-refractivity contribution in [2.24, 2.45) is 0 Å². The van der Waals surface area contributed by atoms with Gasteiger partial charge in [-0.25, -0.2) is 8.42 Å². The fraction of sp³-hybridized carbons (Fsp3) is 0.143. The number of hydrogen-bond donors (Lipinski definition) is 1.